The zero-order chi connectivity index (χ0) is 27.5. The van der Waals surface area contributed by atoms with Crippen LogP contribution in [0.4, 0.5) is 0 Å². The van der Waals surface area contributed by atoms with Gasteiger partial charge < -0.3 is 5.11 Å². The highest BCUT2D eigenvalue weighted by molar-refractivity contribution is 7.80. The number of amides is 2. The fraction of sp³-hybridized carbons (Fsp3) is 0.593. The maximum absolute atomic E-state index is 13.2. The Bertz CT molecular complexity index is 1130. The van der Waals surface area contributed by atoms with Gasteiger partial charge in [0.2, 0.25) is 5.88 Å². The molecule has 2 heterocycles. The fourth-order valence-electron chi connectivity index (χ4n) is 4.00. The van der Waals surface area contributed by atoms with Gasteiger partial charge in [0, 0.05) is 26.2 Å². The Morgan fingerprint density at radius 3 is 1.68 bits per heavy atom. The molecular weight excluding hydrogens is 508 g/mol. The van der Waals surface area contributed by atoms with Crippen LogP contribution in [0.5, 0.6) is 5.88 Å². The molecule has 0 aromatic carbocycles. The molecule has 37 heavy (non-hydrogen) atoms. The molecule has 0 bridgehead atoms. The summed E-state index contributed by atoms with van der Waals surface area (Å²) in [5.41, 5.74) is -0.328. The van der Waals surface area contributed by atoms with Crippen LogP contribution < -0.4 is 5.56 Å². The first-order valence-corrected chi connectivity index (χ1v) is 14.2. The standard InChI is InChI=1S/C27H40N4O4S2/c1-5-9-16-28-22(32)20(23(33)29(26(28)36)17-10-6-2)14-13-15-21-24(34)30(18-11-7-3)27(37)31(25(21)35)19-12-8-4/h13-15,32H,5-12,16-19H2,1-4H3. The lowest BCUT2D eigenvalue weighted by Gasteiger charge is -2.36. The van der Waals surface area contributed by atoms with Gasteiger partial charge in [-0.05, 0) is 62.3 Å². The molecule has 1 fully saturated rings. The number of allylic oxidation sites excluding steroid dienone is 2. The van der Waals surface area contributed by atoms with Crippen molar-refractivity contribution in [2.45, 2.75) is 92.2 Å². The van der Waals surface area contributed by atoms with Crippen LogP contribution in [0.2, 0.25) is 0 Å². The third-order valence-corrected chi connectivity index (χ3v) is 7.20. The van der Waals surface area contributed by atoms with Crippen molar-refractivity contribution in [1.82, 2.24) is 18.9 Å². The normalized spacial score (nSPS) is 14.4. The molecule has 0 saturated carbocycles. The van der Waals surface area contributed by atoms with Crippen LogP contribution in [0.3, 0.4) is 0 Å². The molecule has 1 saturated heterocycles. The number of hydrogen-bond donors (Lipinski definition) is 1. The monoisotopic (exact) mass is 548 g/mol. The van der Waals surface area contributed by atoms with Crippen molar-refractivity contribution in [3.63, 3.8) is 0 Å². The molecular formula is C27H40N4O4S2. The molecule has 204 valence electrons. The molecule has 1 aliphatic heterocycles. The van der Waals surface area contributed by atoms with Gasteiger partial charge in [-0.25, -0.2) is 0 Å². The number of hydrogen-bond acceptors (Lipinski definition) is 6. The number of carbonyl (C=O) groups excluding carboxylic acids is 2. The van der Waals surface area contributed by atoms with Crippen LogP contribution in [-0.4, -0.2) is 54.1 Å². The summed E-state index contributed by atoms with van der Waals surface area (Å²) in [6.07, 6.45) is 11.0. The second kappa shape index (κ2) is 15.0. The Balaban J connectivity index is 2.54. The van der Waals surface area contributed by atoms with E-state index in [-0.39, 0.29) is 22.1 Å². The number of nitrogens with zero attached hydrogens (tertiary/aromatic N) is 4. The number of unbranched alkanes of at least 4 members (excludes halogenated alkanes) is 4. The van der Waals surface area contributed by atoms with Crippen molar-refractivity contribution < 1.29 is 14.7 Å². The highest BCUT2D eigenvalue weighted by atomic mass is 32.1. The van der Waals surface area contributed by atoms with E-state index >= 15 is 0 Å². The SMILES string of the molecule is CCCCN1C(=O)C(=CC=Cc2c(O)n(CCCC)c(=S)n(CCCC)c2=O)C(=O)N(CCCC)C1=S. The van der Waals surface area contributed by atoms with Crippen LogP contribution in [0.15, 0.2) is 22.5 Å². The van der Waals surface area contributed by atoms with Gasteiger partial charge >= 0.3 is 0 Å². The molecule has 2 amide bonds. The molecule has 10 heteroatoms. The summed E-state index contributed by atoms with van der Waals surface area (Å²) in [4.78, 5) is 42.6. The van der Waals surface area contributed by atoms with Crippen LogP contribution in [0.1, 0.15) is 84.6 Å². The lowest BCUT2D eigenvalue weighted by molar-refractivity contribution is -0.133. The van der Waals surface area contributed by atoms with E-state index in [1.165, 1.54) is 32.6 Å². The van der Waals surface area contributed by atoms with Crippen LogP contribution in [-0.2, 0) is 22.7 Å². The quantitative estimate of drug-likeness (QED) is 0.196. The van der Waals surface area contributed by atoms with Crippen LogP contribution >= 0.6 is 24.4 Å². The first-order chi connectivity index (χ1) is 17.7. The topological polar surface area (TPSA) is 87.8 Å². The number of rotatable bonds is 14. The van der Waals surface area contributed by atoms with E-state index in [4.69, 9.17) is 24.4 Å². The van der Waals surface area contributed by atoms with Crippen LogP contribution in [0.25, 0.3) is 6.08 Å². The van der Waals surface area contributed by atoms with E-state index in [0.717, 1.165) is 51.4 Å². The van der Waals surface area contributed by atoms with Gasteiger partial charge in [0.15, 0.2) is 9.88 Å². The Kier molecular flexibility index (Phi) is 12.4. The minimum Gasteiger partial charge on any atom is -0.494 e. The molecule has 2 rings (SSSR count). The van der Waals surface area contributed by atoms with Crippen molar-refractivity contribution >= 4 is 47.4 Å². The summed E-state index contributed by atoms with van der Waals surface area (Å²) < 4.78 is 3.39. The Labute approximate surface area is 230 Å². The predicted octanol–water partition coefficient (Wildman–Crippen LogP) is 5.18. The van der Waals surface area contributed by atoms with Gasteiger partial charge in [-0.2, -0.15) is 0 Å². The van der Waals surface area contributed by atoms with Crippen molar-refractivity contribution in [3.8, 4) is 5.88 Å². The second-order valence-electron chi connectivity index (χ2n) is 9.18. The van der Waals surface area contributed by atoms with Crippen molar-refractivity contribution in [2.75, 3.05) is 13.1 Å². The highest BCUT2D eigenvalue weighted by Gasteiger charge is 2.38. The van der Waals surface area contributed by atoms with Crippen molar-refractivity contribution in [1.29, 1.82) is 0 Å². The van der Waals surface area contributed by atoms with Gasteiger partial charge in [0.25, 0.3) is 17.4 Å². The molecule has 1 aromatic heterocycles. The molecule has 1 N–H and O–H groups in total. The second-order valence-corrected chi connectivity index (χ2v) is 9.91. The van der Waals surface area contributed by atoms with Gasteiger partial charge in [0.1, 0.15) is 11.1 Å². The molecule has 0 spiro atoms. The van der Waals surface area contributed by atoms with Gasteiger partial charge in [-0.15, -0.1) is 0 Å². The summed E-state index contributed by atoms with van der Waals surface area (Å²) >= 11 is 11.0. The smallest absolute Gasteiger partial charge is 0.265 e. The van der Waals surface area contributed by atoms with E-state index < -0.39 is 17.4 Å². The Morgan fingerprint density at radius 1 is 0.730 bits per heavy atom. The summed E-state index contributed by atoms with van der Waals surface area (Å²) in [7, 11) is 0. The third kappa shape index (κ3) is 7.25. The van der Waals surface area contributed by atoms with E-state index in [1.54, 1.807) is 4.57 Å². The van der Waals surface area contributed by atoms with Crippen LogP contribution in [0, 0.1) is 4.77 Å². The maximum atomic E-state index is 13.2. The first-order valence-electron chi connectivity index (χ1n) is 13.4. The van der Waals surface area contributed by atoms with Gasteiger partial charge in [0.05, 0.1) is 0 Å². The largest absolute Gasteiger partial charge is 0.494 e. The number of aromatic nitrogens is 2. The highest BCUT2D eigenvalue weighted by Crippen LogP contribution is 2.21. The molecule has 1 aromatic rings. The molecule has 0 aliphatic carbocycles. The van der Waals surface area contributed by atoms with E-state index in [9.17, 15) is 19.5 Å². The summed E-state index contributed by atoms with van der Waals surface area (Å²) in [5, 5.41) is 11.2. The van der Waals surface area contributed by atoms with E-state index in [2.05, 4.69) is 0 Å². The molecule has 0 radical (unpaired) electrons. The predicted molar refractivity (Wildman–Crippen MR) is 154 cm³/mol. The molecule has 1 aliphatic rings. The summed E-state index contributed by atoms with van der Waals surface area (Å²) in [5.74, 6) is -1.09. The summed E-state index contributed by atoms with van der Waals surface area (Å²) in [6, 6.07) is 0. The molecule has 0 atom stereocenters. The average Bonchev–Trinajstić information content (AvgIpc) is 2.87. The van der Waals surface area contributed by atoms with E-state index in [0.29, 0.717) is 31.0 Å². The van der Waals surface area contributed by atoms with Crippen molar-refractivity contribution in [3.05, 3.63) is 38.4 Å². The fourth-order valence-corrected chi connectivity index (χ4v) is 4.70. The number of carbonyl (C=O) groups is 2. The lowest BCUT2D eigenvalue weighted by atomic mass is 10.1. The number of thiocarbonyl (C=S) groups is 1. The Morgan fingerprint density at radius 2 is 1.19 bits per heavy atom. The van der Waals surface area contributed by atoms with Crippen molar-refractivity contribution in [2.24, 2.45) is 0 Å². The van der Waals surface area contributed by atoms with E-state index in [1.807, 2.05) is 27.7 Å². The summed E-state index contributed by atoms with van der Waals surface area (Å²) in [6.45, 7) is 9.94. The minimum atomic E-state index is -0.440. The zero-order valence-electron chi connectivity index (χ0n) is 22.5. The minimum absolute atomic E-state index is 0.0124. The zero-order valence-corrected chi connectivity index (χ0v) is 24.1. The van der Waals surface area contributed by atoms with Gasteiger partial charge in [-0.1, -0.05) is 59.5 Å². The maximum Gasteiger partial charge on any atom is 0.265 e. The van der Waals surface area contributed by atoms with Gasteiger partial charge in [-0.3, -0.25) is 33.3 Å². The first kappa shape index (κ1) is 30.6. The molecule has 8 nitrogen and oxygen atoms in total. The number of aromatic hydroxyl groups is 1. The Hall–Kier alpha value is -2.59. The average molecular weight is 549 g/mol. The lowest BCUT2D eigenvalue weighted by Crippen LogP contribution is -2.56. The third-order valence-electron chi connectivity index (χ3n) is 6.31. The molecule has 0 unspecified atom stereocenters.